The van der Waals surface area contributed by atoms with E-state index in [0.717, 1.165) is 23.8 Å². The van der Waals surface area contributed by atoms with Crippen LogP contribution in [0.2, 0.25) is 5.02 Å². The van der Waals surface area contributed by atoms with Gasteiger partial charge in [-0.05, 0) is 59.7 Å². The Bertz CT molecular complexity index is 1140. The van der Waals surface area contributed by atoms with Crippen molar-refractivity contribution in [2.45, 2.75) is 12.8 Å². The van der Waals surface area contributed by atoms with E-state index in [9.17, 15) is 13.2 Å². The van der Waals surface area contributed by atoms with E-state index in [2.05, 4.69) is 15.8 Å². The number of hydrogen-bond acceptors (Lipinski definition) is 4. The number of hydrogen-bond donors (Lipinski definition) is 2. The summed E-state index contributed by atoms with van der Waals surface area (Å²) in [6, 6.07) is 17.8. The summed E-state index contributed by atoms with van der Waals surface area (Å²) in [6.07, 6.45) is -3.01. The van der Waals surface area contributed by atoms with E-state index in [1.807, 2.05) is 30.3 Å². The van der Waals surface area contributed by atoms with Gasteiger partial charge in [0.25, 0.3) is 0 Å². The summed E-state index contributed by atoms with van der Waals surface area (Å²) in [5.41, 5.74) is 3.41. The number of methoxy groups -OCH3 is 1. The van der Waals surface area contributed by atoms with Gasteiger partial charge in [0, 0.05) is 0 Å². The maximum Gasteiger partial charge on any atom is 0.416 e. The van der Waals surface area contributed by atoms with Crippen molar-refractivity contribution >= 4 is 40.8 Å². The highest BCUT2D eigenvalue weighted by atomic mass is 35.5. The zero-order valence-corrected chi connectivity index (χ0v) is 18.9. The molecule has 0 radical (unpaired) electrons. The molecule has 10 heteroatoms. The first-order chi connectivity index (χ1) is 15.8. The third kappa shape index (κ3) is 7.10. The maximum absolute atomic E-state index is 12.9. The third-order valence-electron chi connectivity index (χ3n) is 4.35. The number of rotatable bonds is 7. The Balaban J connectivity index is 1.63. The Morgan fingerprint density at radius 3 is 2.52 bits per heavy atom. The van der Waals surface area contributed by atoms with Gasteiger partial charge in [-0.1, -0.05) is 41.9 Å². The van der Waals surface area contributed by atoms with Gasteiger partial charge in [-0.2, -0.15) is 18.3 Å². The lowest BCUT2D eigenvalue weighted by Crippen LogP contribution is -2.24. The van der Waals surface area contributed by atoms with E-state index in [1.165, 1.54) is 6.21 Å². The fourth-order valence-electron chi connectivity index (χ4n) is 2.73. The van der Waals surface area contributed by atoms with E-state index in [4.69, 9.17) is 33.3 Å². The van der Waals surface area contributed by atoms with Crippen LogP contribution in [0.1, 0.15) is 16.7 Å². The number of ether oxygens (including phenoxy) is 2. The molecule has 0 unspecified atom stereocenters. The fourth-order valence-corrected chi connectivity index (χ4v) is 3.06. The number of anilines is 1. The monoisotopic (exact) mass is 493 g/mol. The van der Waals surface area contributed by atoms with Crippen LogP contribution in [0, 0.1) is 0 Å². The Hall–Kier alpha value is -3.30. The molecule has 2 N–H and O–H groups in total. The standard InChI is InChI=1S/C23H19ClF3N3O2S/c1-31-20-10-7-16(11-21(20)32-14-15-5-3-2-4-6-15)13-28-30-22(33)29-19-12-17(23(25,26)27)8-9-18(19)24/h2-13H,14H2,1H3,(H2,29,30,33)/b28-13-. The van der Waals surface area contributed by atoms with Crippen molar-refractivity contribution in [1.82, 2.24) is 5.43 Å². The highest BCUT2D eigenvalue weighted by Crippen LogP contribution is 2.33. The molecule has 5 nitrogen and oxygen atoms in total. The van der Waals surface area contributed by atoms with Gasteiger partial charge in [0.05, 0.1) is 29.6 Å². The van der Waals surface area contributed by atoms with Crippen LogP contribution in [-0.4, -0.2) is 18.4 Å². The number of hydrazone groups is 1. The summed E-state index contributed by atoms with van der Waals surface area (Å²) in [6.45, 7) is 0.363. The molecule has 0 aromatic heterocycles. The first-order valence-electron chi connectivity index (χ1n) is 9.58. The van der Waals surface area contributed by atoms with Crippen molar-refractivity contribution in [2.75, 3.05) is 12.4 Å². The molecule has 0 atom stereocenters. The predicted octanol–water partition coefficient (Wildman–Crippen LogP) is 6.27. The zero-order chi connectivity index (χ0) is 23.8. The SMILES string of the molecule is COc1ccc(/C=N\NC(=S)Nc2cc(C(F)(F)F)ccc2Cl)cc1OCc1ccccc1. The molecule has 0 spiro atoms. The van der Waals surface area contributed by atoms with Gasteiger partial charge in [0.2, 0.25) is 0 Å². The number of benzene rings is 3. The van der Waals surface area contributed by atoms with Crippen molar-refractivity contribution in [2.24, 2.45) is 5.10 Å². The number of halogens is 4. The normalized spacial score (nSPS) is 11.3. The minimum Gasteiger partial charge on any atom is -0.493 e. The van der Waals surface area contributed by atoms with Crippen molar-refractivity contribution in [3.63, 3.8) is 0 Å². The molecule has 0 aliphatic carbocycles. The lowest BCUT2D eigenvalue weighted by Gasteiger charge is -2.13. The maximum atomic E-state index is 12.9. The zero-order valence-electron chi connectivity index (χ0n) is 17.3. The largest absolute Gasteiger partial charge is 0.493 e. The summed E-state index contributed by atoms with van der Waals surface area (Å²) in [4.78, 5) is 0. The van der Waals surface area contributed by atoms with Gasteiger partial charge in [0.15, 0.2) is 16.6 Å². The van der Waals surface area contributed by atoms with Gasteiger partial charge < -0.3 is 14.8 Å². The minimum atomic E-state index is -4.50. The van der Waals surface area contributed by atoms with Crippen molar-refractivity contribution in [3.8, 4) is 11.5 Å². The van der Waals surface area contributed by atoms with Crippen LogP contribution in [0.25, 0.3) is 0 Å². The molecule has 0 fully saturated rings. The predicted molar refractivity (Wildman–Crippen MR) is 127 cm³/mol. The first kappa shape index (κ1) is 24.3. The second-order valence-electron chi connectivity index (χ2n) is 6.70. The van der Waals surface area contributed by atoms with Crippen LogP contribution in [0.3, 0.4) is 0 Å². The van der Waals surface area contributed by atoms with Gasteiger partial charge in [0.1, 0.15) is 6.61 Å². The second-order valence-corrected chi connectivity index (χ2v) is 7.52. The molecule has 33 heavy (non-hydrogen) atoms. The van der Waals surface area contributed by atoms with E-state index in [-0.39, 0.29) is 15.8 Å². The Morgan fingerprint density at radius 2 is 1.82 bits per heavy atom. The minimum absolute atomic E-state index is 0.0141. The van der Waals surface area contributed by atoms with E-state index in [0.29, 0.717) is 23.7 Å². The molecule has 0 aliphatic heterocycles. The van der Waals surface area contributed by atoms with Crippen LogP contribution < -0.4 is 20.2 Å². The number of nitrogens with one attached hydrogen (secondary N) is 2. The molecule has 0 saturated carbocycles. The quantitative estimate of drug-likeness (QED) is 0.231. The Labute approximate surface area is 199 Å². The molecule has 0 aliphatic rings. The summed E-state index contributed by atoms with van der Waals surface area (Å²) < 4.78 is 49.9. The molecule has 0 bridgehead atoms. The average molecular weight is 494 g/mol. The van der Waals surface area contributed by atoms with E-state index >= 15 is 0 Å². The summed E-state index contributed by atoms with van der Waals surface area (Å²) >= 11 is 11.0. The highest BCUT2D eigenvalue weighted by Gasteiger charge is 2.31. The second kappa shape index (κ2) is 11.0. The average Bonchev–Trinajstić information content (AvgIpc) is 2.79. The lowest BCUT2D eigenvalue weighted by molar-refractivity contribution is -0.137. The molecule has 172 valence electrons. The summed E-state index contributed by atoms with van der Waals surface area (Å²) in [5.74, 6) is 1.09. The Morgan fingerprint density at radius 1 is 1.06 bits per heavy atom. The van der Waals surface area contributed by atoms with Crippen LogP contribution in [0.4, 0.5) is 18.9 Å². The van der Waals surface area contributed by atoms with Gasteiger partial charge in [-0.25, -0.2) is 0 Å². The van der Waals surface area contributed by atoms with Crippen molar-refractivity contribution in [3.05, 3.63) is 88.4 Å². The number of thiocarbonyl (C=S) groups is 1. The third-order valence-corrected chi connectivity index (χ3v) is 4.87. The van der Waals surface area contributed by atoms with Crippen LogP contribution in [0.5, 0.6) is 11.5 Å². The molecule has 0 saturated heterocycles. The summed E-state index contributed by atoms with van der Waals surface area (Å²) in [7, 11) is 1.54. The molecular weight excluding hydrogens is 475 g/mol. The van der Waals surface area contributed by atoms with Crippen molar-refractivity contribution in [1.29, 1.82) is 0 Å². The van der Waals surface area contributed by atoms with E-state index in [1.54, 1.807) is 25.3 Å². The number of nitrogens with zero attached hydrogens (tertiary/aromatic N) is 1. The molecule has 3 aromatic rings. The van der Waals surface area contributed by atoms with Gasteiger partial charge in [-0.3, -0.25) is 5.43 Å². The van der Waals surface area contributed by atoms with Crippen LogP contribution in [0.15, 0.2) is 71.8 Å². The van der Waals surface area contributed by atoms with E-state index < -0.39 is 11.7 Å². The van der Waals surface area contributed by atoms with Crippen LogP contribution >= 0.6 is 23.8 Å². The van der Waals surface area contributed by atoms with Gasteiger partial charge in [-0.15, -0.1) is 0 Å². The first-order valence-corrected chi connectivity index (χ1v) is 10.4. The van der Waals surface area contributed by atoms with Crippen LogP contribution in [-0.2, 0) is 12.8 Å². The fraction of sp³-hybridized carbons (Fsp3) is 0.130. The summed E-state index contributed by atoms with van der Waals surface area (Å²) in [5, 5.41) is 6.68. The number of alkyl halides is 3. The smallest absolute Gasteiger partial charge is 0.416 e. The molecule has 3 rings (SSSR count). The molecule has 0 amide bonds. The molecule has 0 heterocycles. The van der Waals surface area contributed by atoms with Crippen molar-refractivity contribution < 1.29 is 22.6 Å². The van der Waals surface area contributed by atoms with Gasteiger partial charge >= 0.3 is 6.18 Å². The Kier molecular flexibility index (Phi) is 8.13. The topological polar surface area (TPSA) is 54.9 Å². The highest BCUT2D eigenvalue weighted by molar-refractivity contribution is 7.80. The lowest BCUT2D eigenvalue weighted by atomic mass is 10.2. The molecule has 3 aromatic carbocycles. The molecular formula is C23H19ClF3N3O2S.